The zero-order chi connectivity index (χ0) is 13.7. The summed E-state index contributed by atoms with van der Waals surface area (Å²) < 4.78 is 1.12. The Morgan fingerprint density at radius 3 is 3.00 bits per heavy atom. The molecule has 0 bridgehead atoms. The van der Waals surface area contributed by atoms with Gasteiger partial charge in [-0.1, -0.05) is 18.2 Å². The van der Waals surface area contributed by atoms with E-state index in [4.69, 9.17) is 5.73 Å². The van der Waals surface area contributed by atoms with Crippen molar-refractivity contribution >= 4 is 29.0 Å². The summed E-state index contributed by atoms with van der Waals surface area (Å²) in [5.41, 5.74) is 4.99. The predicted molar refractivity (Wildman–Crippen MR) is 80.4 cm³/mol. The van der Waals surface area contributed by atoms with Crippen molar-refractivity contribution in [2.75, 3.05) is 5.75 Å². The van der Waals surface area contributed by atoms with Gasteiger partial charge in [-0.2, -0.15) is 0 Å². The Balaban J connectivity index is 1.65. The number of hydrogen-bond acceptors (Lipinski definition) is 5. The van der Waals surface area contributed by atoms with Crippen molar-refractivity contribution in [3.63, 3.8) is 0 Å². The van der Waals surface area contributed by atoms with E-state index in [2.05, 4.69) is 10.3 Å². The fourth-order valence-corrected chi connectivity index (χ4v) is 3.67. The van der Waals surface area contributed by atoms with Crippen LogP contribution < -0.4 is 11.1 Å². The van der Waals surface area contributed by atoms with E-state index in [0.717, 1.165) is 29.4 Å². The molecule has 0 radical (unpaired) electrons. The number of thiazole rings is 1. The van der Waals surface area contributed by atoms with Crippen LogP contribution in [0.25, 0.3) is 0 Å². The zero-order valence-corrected chi connectivity index (χ0v) is 12.9. The van der Waals surface area contributed by atoms with E-state index in [1.54, 1.807) is 23.1 Å². The standard InChI is InChI=1S/C13H21N3OS2/c1-13(11(14)17,16-10-4-5-10)6-2-3-8-18-12-15-7-9-19-12/h7,9-10,16H,2-6,8H2,1H3,(H2,14,17). The van der Waals surface area contributed by atoms with E-state index in [9.17, 15) is 4.79 Å². The van der Waals surface area contributed by atoms with Crippen LogP contribution in [0.3, 0.4) is 0 Å². The Morgan fingerprint density at radius 2 is 2.42 bits per heavy atom. The summed E-state index contributed by atoms with van der Waals surface area (Å²) in [5, 5.41) is 5.37. The lowest BCUT2D eigenvalue weighted by Gasteiger charge is -2.27. The number of rotatable bonds is 9. The van der Waals surface area contributed by atoms with Crippen molar-refractivity contribution in [1.82, 2.24) is 10.3 Å². The van der Waals surface area contributed by atoms with Gasteiger partial charge in [-0.05, 0) is 32.6 Å². The van der Waals surface area contributed by atoms with Gasteiger partial charge in [0.05, 0.1) is 5.54 Å². The Kier molecular flexibility index (Phi) is 5.24. The van der Waals surface area contributed by atoms with Gasteiger partial charge in [0.15, 0.2) is 0 Å². The summed E-state index contributed by atoms with van der Waals surface area (Å²) in [7, 11) is 0. The maximum Gasteiger partial charge on any atom is 0.237 e. The highest BCUT2D eigenvalue weighted by Crippen LogP contribution is 2.26. The second-order valence-electron chi connectivity index (χ2n) is 5.22. The molecule has 3 N–H and O–H groups in total. The lowest BCUT2D eigenvalue weighted by atomic mass is 9.94. The van der Waals surface area contributed by atoms with Crippen LogP contribution in [0, 0.1) is 0 Å². The van der Waals surface area contributed by atoms with Gasteiger partial charge in [0.25, 0.3) is 0 Å². The SMILES string of the molecule is CC(CCCCSc1nccs1)(NC1CC1)C(N)=O. The summed E-state index contributed by atoms with van der Waals surface area (Å²) in [5.74, 6) is 0.818. The van der Waals surface area contributed by atoms with Crippen molar-refractivity contribution in [2.24, 2.45) is 5.73 Å². The molecule has 1 fully saturated rings. The lowest BCUT2D eigenvalue weighted by molar-refractivity contribution is -0.124. The van der Waals surface area contributed by atoms with E-state index < -0.39 is 5.54 Å². The Morgan fingerprint density at radius 1 is 1.63 bits per heavy atom. The number of nitrogens with two attached hydrogens (primary N) is 1. The molecule has 106 valence electrons. The maximum atomic E-state index is 11.6. The number of aromatic nitrogens is 1. The zero-order valence-electron chi connectivity index (χ0n) is 11.2. The van der Waals surface area contributed by atoms with Crippen LogP contribution in [0.4, 0.5) is 0 Å². The molecule has 1 unspecified atom stereocenters. The molecule has 1 aromatic rings. The second kappa shape index (κ2) is 6.72. The number of carbonyl (C=O) groups excluding carboxylic acids is 1. The third-order valence-electron chi connectivity index (χ3n) is 3.35. The molecular weight excluding hydrogens is 278 g/mol. The quantitative estimate of drug-likeness (QED) is 0.543. The minimum Gasteiger partial charge on any atom is -0.368 e. The van der Waals surface area contributed by atoms with Gasteiger partial charge < -0.3 is 11.1 Å². The molecule has 1 aliphatic rings. The van der Waals surface area contributed by atoms with Crippen molar-refractivity contribution < 1.29 is 4.79 Å². The van der Waals surface area contributed by atoms with Crippen molar-refractivity contribution in [3.05, 3.63) is 11.6 Å². The second-order valence-corrected chi connectivity index (χ2v) is 7.46. The normalized spacial score (nSPS) is 18.2. The highest BCUT2D eigenvalue weighted by Gasteiger charge is 2.36. The van der Waals surface area contributed by atoms with Gasteiger partial charge in [-0.25, -0.2) is 4.98 Å². The van der Waals surface area contributed by atoms with Crippen LogP contribution in [0.1, 0.15) is 39.0 Å². The summed E-state index contributed by atoms with van der Waals surface area (Å²) in [6.45, 7) is 1.93. The molecule has 1 heterocycles. The highest BCUT2D eigenvalue weighted by molar-refractivity contribution is 8.00. The number of primary amides is 1. The first-order valence-electron chi connectivity index (χ1n) is 6.70. The molecule has 0 spiro atoms. The molecule has 2 rings (SSSR count). The van der Waals surface area contributed by atoms with Gasteiger partial charge >= 0.3 is 0 Å². The van der Waals surface area contributed by atoms with E-state index in [1.807, 2.05) is 18.5 Å². The molecule has 1 atom stereocenters. The fraction of sp³-hybridized carbons (Fsp3) is 0.692. The number of hydrogen-bond donors (Lipinski definition) is 2. The first kappa shape index (κ1) is 14.8. The summed E-state index contributed by atoms with van der Waals surface area (Å²) in [6, 6.07) is 0.502. The van der Waals surface area contributed by atoms with Crippen LogP contribution in [0.5, 0.6) is 0 Å². The van der Waals surface area contributed by atoms with Crippen LogP contribution in [-0.4, -0.2) is 28.2 Å². The molecule has 6 heteroatoms. The smallest absolute Gasteiger partial charge is 0.237 e. The molecule has 19 heavy (non-hydrogen) atoms. The topological polar surface area (TPSA) is 68.0 Å². The predicted octanol–water partition coefficient (Wildman–Crippen LogP) is 2.40. The molecule has 1 aromatic heterocycles. The average molecular weight is 299 g/mol. The minimum atomic E-state index is -0.535. The van der Waals surface area contributed by atoms with Crippen LogP contribution >= 0.6 is 23.1 Å². The van der Waals surface area contributed by atoms with E-state index >= 15 is 0 Å². The van der Waals surface area contributed by atoms with Gasteiger partial charge in [0, 0.05) is 23.4 Å². The minimum absolute atomic E-state index is 0.230. The van der Waals surface area contributed by atoms with Crippen LogP contribution in [0.2, 0.25) is 0 Å². The number of nitrogens with zero attached hydrogens (tertiary/aromatic N) is 1. The average Bonchev–Trinajstić information content (AvgIpc) is 3.02. The fourth-order valence-electron chi connectivity index (χ4n) is 1.97. The van der Waals surface area contributed by atoms with Crippen molar-refractivity contribution in [3.8, 4) is 0 Å². The summed E-state index contributed by atoms with van der Waals surface area (Å²) >= 11 is 3.46. The van der Waals surface area contributed by atoms with Crippen LogP contribution in [-0.2, 0) is 4.79 Å². The van der Waals surface area contributed by atoms with E-state index in [-0.39, 0.29) is 5.91 Å². The maximum absolute atomic E-state index is 11.6. The van der Waals surface area contributed by atoms with Crippen LogP contribution in [0.15, 0.2) is 15.9 Å². The van der Waals surface area contributed by atoms with Crippen molar-refractivity contribution in [1.29, 1.82) is 0 Å². The van der Waals surface area contributed by atoms with Gasteiger partial charge in [0.2, 0.25) is 5.91 Å². The number of amides is 1. The number of thioether (sulfide) groups is 1. The molecular formula is C13H21N3OS2. The molecule has 4 nitrogen and oxygen atoms in total. The van der Waals surface area contributed by atoms with Gasteiger partial charge in [-0.3, -0.25) is 4.79 Å². The number of carbonyl (C=O) groups is 1. The van der Waals surface area contributed by atoms with Gasteiger partial charge in [-0.15, -0.1) is 11.3 Å². The lowest BCUT2D eigenvalue weighted by Crippen LogP contribution is -2.53. The molecule has 0 aliphatic heterocycles. The van der Waals surface area contributed by atoms with Gasteiger partial charge in [0.1, 0.15) is 4.34 Å². The Labute approximate surface area is 122 Å². The number of nitrogens with one attached hydrogen (secondary N) is 1. The summed E-state index contributed by atoms with van der Waals surface area (Å²) in [4.78, 5) is 15.8. The molecule has 1 amide bonds. The van der Waals surface area contributed by atoms with Crippen molar-refractivity contribution in [2.45, 2.75) is 54.9 Å². The molecule has 0 aromatic carbocycles. The molecule has 0 saturated heterocycles. The molecule has 1 aliphatic carbocycles. The third-order valence-corrected chi connectivity index (χ3v) is 5.40. The summed E-state index contributed by atoms with van der Waals surface area (Å²) in [6.07, 6.45) is 7.08. The molecule has 1 saturated carbocycles. The van der Waals surface area contributed by atoms with E-state index in [1.165, 1.54) is 12.8 Å². The number of unbranched alkanes of at least 4 members (excludes halogenated alkanes) is 1. The Hall–Kier alpha value is -0.590. The Bertz CT molecular complexity index is 406. The van der Waals surface area contributed by atoms with E-state index in [0.29, 0.717) is 6.04 Å². The highest BCUT2D eigenvalue weighted by atomic mass is 32.2. The first-order chi connectivity index (χ1) is 9.10. The third kappa shape index (κ3) is 4.78. The largest absolute Gasteiger partial charge is 0.368 e. The first-order valence-corrected chi connectivity index (χ1v) is 8.56. The monoisotopic (exact) mass is 299 g/mol.